The van der Waals surface area contributed by atoms with E-state index in [1.807, 2.05) is 6.07 Å². The number of anilines is 1. The lowest BCUT2D eigenvalue weighted by Crippen LogP contribution is -2.23. The van der Waals surface area contributed by atoms with Crippen molar-refractivity contribution in [2.24, 2.45) is 0 Å². The molecular formula is C10H9N3O. The van der Waals surface area contributed by atoms with Gasteiger partial charge in [-0.05, 0) is 12.5 Å². The largest absolute Gasteiger partial charge is 0.311 e. The molecule has 4 nitrogen and oxygen atoms in total. The fraction of sp³-hybridized carbons (Fsp3) is 0.300. The van der Waals surface area contributed by atoms with Crippen LogP contribution in [0.15, 0.2) is 18.5 Å². The van der Waals surface area contributed by atoms with E-state index in [-0.39, 0.29) is 5.91 Å². The van der Waals surface area contributed by atoms with Crippen LogP contribution in [0.1, 0.15) is 18.4 Å². The first-order valence-corrected chi connectivity index (χ1v) is 4.47. The molecule has 2 rings (SSSR count). The van der Waals surface area contributed by atoms with Crippen molar-refractivity contribution >= 4 is 11.6 Å². The Balaban J connectivity index is 2.32. The smallest absolute Gasteiger partial charge is 0.227 e. The van der Waals surface area contributed by atoms with Crippen molar-refractivity contribution in [3.05, 3.63) is 24.0 Å². The SMILES string of the molecule is N#Cc1cncc(N2CCCC2=O)c1. The van der Waals surface area contributed by atoms with Crippen LogP contribution in [-0.2, 0) is 4.79 Å². The maximum Gasteiger partial charge on any atom is 0.227 e. The minimum Gasteiger partial charge on any atom is -0.311 e. The molecule has 0 aliphatic carbocycles. The van der Waals surface area contributed by atoms with Gasteiger partial charge < -0.3 is 4.90 Å². The highest BCUT2D eigenvalue weighted by molar-refractivity contribution is 5.95. The number of hydrogen-bond donors (Lipinski definition) is 0. The number of carbonyl (C=O) groups is 1. The third kappa shape index (κ3) is 1.44. The van der Waals surface area contributed by atoms with Crippen LogP contribution < -0.4 is 4.90 Å². The summed E-state index contributed by atoms with van der Waals surface area (Å²) < 4.78 is 0. The maximum atomic E-state index is 11.4. The van der Waals surface area contributed by atoms with Gasteiger partial charge in [0, 0.05) is 19.2 Å². The molecule has 2 heterocycles. The van der Waals surface area contributed by atoms with E-state index in [0.29, 0.717) is 12.0 Å². The lowest BCUT2D eigenvalue weighted by molar-refractivity contribution is -0.117. The lowest BCUT2D eigenvalue weighted by atomic mass is 10.3. The second kappa shape index (κ2) is 3.46. The molecule has 1 saturated heterocycles. The van der Waals surface area contributed by atoms with Gasteiger partial charge >= 0.3 is 0 Å². The Morgan fingerprint density at radius 2 is 2.36 bits per heavy atom. The van der Waals surface area contributed by atoms with Crippen LogP contribution in [0, 0.1) is 11.3 Å². The number of hydrogen-bond acceptors (Lipinski definition) is 3. The van der Waals surface area contributed by atoms with Crippen LogP contribution >= 0.6 is 0 Å². The number of amides is 1. The summed E-state index contributed by atoms with van der Waals surface area (Å²) in [5.74, 6) is 0.113. The third-order valence-corrected chi connectivity index (χ3v) is 2.24. The molecule has 1 fully saturated rings. The van der Waals surface area contributed by atoms with E-state index in [0.717, 1.165) is 18.7 Å². The Labute approximate surface area is 81.8 Å². The lowest BCUT2D eigenvalue weighted by Gasteiger charge is -2.14. The van der Waals surface area contributed by atoms with E-state index in [4.69, 9.17) is 5.26 Å². The summed E-state index contributed by atoms with van der Waals surface area (Å²) in [4.78, 5) is 17.0. The molecule has 14 heavy (non-hydrogen) atoms. The Bertz CT molecular complexity index is 408. The number of rotatable bonds is 1. The van der Waals surface area contributed by atoms with Crippen LogP contribution in [0.5, 0.6) is 0 Å². The summed E-state index contributed by atoms with van der Waals surface area (Å²) in [6, 6.07) is 3.70. The molecule has 70 valence electrons. The van der Waals surface area contributed by atoms with Crippen molar-refractivity contribution in [2.75, 3.05) is 11.4 Å². The van der Waals surface area contributed by atoms with E-state index in [2.05, 4.69) is 4.98 Å². The number of nitriles is 1. The number of carbonyl (C=O) groups excluding carboxylic acids is 1. The van der Waals surface area contributed by atoms with Gasteiger partial charge in [0.1, 0.15) is 6.07 Å². The highest BCUT2D eigenvalue weighted by atomic mass is 16.2. The maximum absolute atomic E-state index is 11.4. The molecule has 0 radical (unpaired) electrons. The van der Waals surface area contributed by atoms with Crippen LogP contribution in [-0.4, -0.2) is 17.4 Å². The summed E-state index contributed by atoms with van der Waals surface area (Å²) in [5, 5.41) is 8.68. The van der Waals surface area contributed by atoms with Crippen molar-refractivity contribution in [3.8, 4) is 6.07 Å². The molecule has 0 aromatic carbocycles. The Hall–Kier alpha value is -1.89. The zero-order valence-corrected chi connectivity index (χ0v) is 7.60. The first kappa shape index (κ1) is 8.70. The van der Waals surface area contributed by atoms with Gasteiger partial charge in [-0.1, -0.05) is 0 Å². The molecular weight excluding hydrogens is 178 g/mol. The predicted octanol–water partition coefficient (Wildman–Crippen LogP) is 1.08. The molecule has 0 saturated carbocycles. The number of nitrogens with zero attached hydrogens (tertiary/aromatic N) is 3. The van der Waals surface area contributed by atoms with E-state index in [1.54, 1.807) is 17.2 Å². The van der Waals surface area contributed by atoms with Gasteiger partial charge in [0.2, 0.25) is 5.91 Å². The Morgan fingerprint density at radius 3 is 3.00 bits per heavy atom. The fourth-order valence-corrected chi connectivity index (χ4v) is 1.56. The summed E-state index contributed by atoms with van der Waals surface area (Å²) in [6.07, 6.45) is 4.58. The summed E-state index contributed by atoms with van der Waals surface area (Å²) in [6.45, 7) is 0.732. The average Bonchev–Trinajstić information content (AvgIpc) is 2.65. The van der Waals surface area contributed by atoms with Gasteiger partial charge in [-0.3, -0.25) is 9.78 Å². The standard InChI is InChI=1S/C10H9N3O/c11-5-8-4-9(7-12-6-8)13-3-1-2-10(13)14/h4,6-7H,1-3H2. The molecule has 0 atom stereocenters. The van der Waals surface area contributed by atoms with Crippen LogP contribution in [0.4, 0.5) is 5.69 Å². The zero-order valence-electron chi connectivity index (χ0n) is 7.60. The highest BCUT2D eigenvalue weighted by Gasteiger charge is 2.21. The minimum absolute atomic E-state index is 0.113. The first-order valence-electron chi connectivity index (χ1n) is 4.47. The molecule has 4 heteroatoms. The van der Waals surface area contributed by atoms with Gasteiger partial charge in [-0.15, -0.1) is 0 Å². The number of aromatic nitrogens is 1. The van der Waals surface area contributed by atoms with Crippen LogP contribution in [0.3, 0.4) is 0 Å². The summed E-state index contributed by atoms with van der Waals surface area (Å²) in [5.41, 5.74) is 1.22. The highest BCUT2D eigenvalue weighted by Crippen LogP contribution is 2.20. The normalized spacial score (nSPS) is 15.6. The average molecular weight is 187 g/mol. The van der Waals surface area contributed by atoms with Crippen molar-refractivity contribution in [1.82, 2.24) is 4.98 Å². The quantitative estimate of drug-likeness (QED) is 0.661. The molecule has 1 aliphatic heterocycles. The molecule has 1 aliphatic rings. The van der Waals surface area contributed by atoms with E-state index in [9.17, 15) is 4.79 Å². The molecule has 0 unspecified atom stereocenters. The second-order valence-electron chi connectivity index (χ2n) is 3.19. The van der Waals surface area contributed by atoms with E-state index >= 15 is 0 Å². The predicted molar refractivity (Wildman–Crippen MR) is 50.5 cm³/mol. The van der Waals surface area contributed by atoms with E-state index < -0.39 is 0 Å². The molecule has 0 bridgehead atoms. The van der Waals surface area contributed by atoms with Crippen molar-refractivity contribution in [3.63, 3.8) is 0 Å². The Morgan fingerprint density at radius 1 is 1.50 bits per heavy atom. The third-order valence-electron chi connectivity index (χ3n) is 2.24. The molecule has 1 amide bonds. The Kier molecular flexibility index (Phi) is 2.15. The van der Waals surface area contributed by atoms with Crippen molar-refractivity contribution < 1.29 is 4.79 Å². The van der Waals surface area contributed by atoms with Gasteiger partial charge in [-0.2, -0.15) is 5.26 Å². The topological polar surface area (TPSA) is 57.0 Å². The zero-order chi connectivity index (χ0) is 9.97. The molecule has 0 N–H and O–H groups in total. The van der Waals surface area contributed by atoms with Crippen LogP contribution in [0.25, 0.3) is 0 Å². The van der Waals surface area contributed by atoms with Gasteiger partial charge in [0.05, 0.1) is 17.4 Å². The van der Waals surface area contributed by atoms with Gasteiger partial charge in [0.15, 0.2) is 0 Å². The first-order chi connectivity index (χ1) is 6.81. The van der Waals surface area contributed by atoms with E-state index in [1.165, 1.54) is 6.20 Å². The van der Waals surface area contributed by atoms with Crippen molar-refractivity contribution in [1.29, 1.82) is 5.26 Å². The summed E-state index contributed by atoms with van der Waals surface area (Å²) >= 11 is 0. The number of pyridine rings is 1. The van der Waals surface area contributed by atoms with Gasteiger partial charge in [0.25, 0.3) is 0 Å². The van der Waals surface area contributed by atoms with Crippen molar-refractivity contribution in [2.45, 2.75) is 12.8 Å². The second-order valence-corrected chi connectivity index (χ2v) is 3.19. The monoisotopic (exact) mass is 187 g/mol. The van der Waals surface area contributed by atoms with Crippen LogP contribution in [0.2, 0.25) is 0 Å². The molecule has 0 spiro atoms. The molecule has 1 aromatic rings. The fourth-order valence-electron chi connectivity index (χ4n) is 1.56. The summed E-state index contributed by atoms with van der Waals surface area (Å²) in [7, 11) is 0. The minimum atomic E-state index is 0.113. The van der Waals surface area contributed by atoms with Gasteiger partial charge in [-0.25, -0.2) is 0 Å². The molecule has 1 aromatic heterocycles.